The highest BCUT2D eigenvalue weighted by molar-refractivity contribution is 5.95. The van der Waals surface area contributed by atoms with Gasteiger partial charge in [0.15, 0.2) is 0 Å². The Bertz CT molecular complexity index is 982. The van der Waals surface area contributed by atoms with Crippen molar-refractivity contribution in [2.24, 2.45) is 0 Å². The van der Waals surface area contributed by atoms with Crippen LogP contribution in [0.25, 0.3) is 0 Å². The Balaban J connectivity index is 1.92. The fourth-order valence-corrected chi connectivity index (χ4v) is 3.92. The van der Waals surface area contributed by atoms with E-state index in [2.05, 4.69) is 5.32 Å². The van der Waals surface area contributed by atoms with E-state index in [1.54, 1.807) is 4.57 Å². The Morgan fingerprint density at radius 1 is 1.16 bits per heavy atom. The first-order chi connectivity index (χ1) is 14.9. The van der Waals surface area contributed by atoms with Crippen LogP contribution in [-0.2, 0) is 30.7 Å². The molecule has 2 heterocycles. The molecule has 0 bridgehead atoms. The molecule has 2 aromatic rings. The third kappa shape index (κ3) is 5.61. The summed E-state index contributed by atoms with van der Waals surface area (Å²) in [5, 5.41) is 2.89. The van der Waals surface area contributed by atoms with Crippen LogP contribution in [0.5, 0.6) is 0 Å². The maximum atomic E-state index is 13.3. The third-order valence-electron chi connectivity index (χ3n) is 5.68. The molecule has 0 aliphatic carbocycles. The number of amides is 2. The molecule has 3 rings (SSSR count). The van der Waals surface area contributed by atoms with Crippen LogP contribution in [0.2, 0.25) is 0 Å². The van der Waals surface area contributed by atoms with Gasteiger partial charge < -0.3 is 19.7 Å². The second-order valence-corrected chi connectivity index (χ2v) is 8.22. The van der Waals surface area contributed by atoms with Gasteiger partial charge in [0.2, 0.25) is 5.91 Å². The quantitative estimate of drug-likeness (QED) is 0.700. The molecular formula is C24H32N4O3. The Labute approximate surface area is 183 Å². The highest BCUT2D eigenvalue weighted by atomic mass is 16.2. The van der Waals surface area contributed by atoms with Crippen LogP contribution in [0.4, 0.5) is 0 Å². The van der Waals surface area contributed by atoms with Crippen molar-refractivity contribution >= 4 is 11.8 Å². The summed E-state index contributed by atoms with van der Waals surface area (Å²) in [5.74, 6) is -0.239. The van der Waals surface area contributed by atoms with Crippen molar-refractivity contribution in [1.29, 1.82) is 0 Å². The summed E-state index contributed by atoms with van der Waals surface area (Å²) >= 11 is 0. The van der Waals surface area contributed by atoms with E-state index < -0.39 is 0 Å². The molecule has 1 N–H and O–H groups in total. The number of hydrogen-bond acceptors (Lipinski definition) is 4. The second kappa shape index (κ2) is 10.4. The van der Waals surface area contributed by atoms with Gasteiger partial charge in [0.25, 0.3) is 11.5 Å². The average molecular weight is 425 g/mol. The van der Waals surface area contributed by atoms with E-state index in [1.807, 2.05) is 67.3 Å². The number of rotatable bonds is 8. The Hall–Kier alpha value is -2.93. The summed E-state index contributed by atoms with van der Waals surface area (Å²) in [6.07, 6.45) is 3.50. The zero-order chi connectivity index (χ0) is 22.4. The molecule has 7 heteroatoms. The molecular weight excluding hydrogens is 392 g/mol. The van der Waals surface area contributed by atoms with Crippen LogP contribution in [0, 0.1) is 0 Å². The monoisotopic (exact) mass is 424 g/mol. The molecule has 0 spiro atoms. The first-order valence-electron chi connectivity index (χ1n) is 10.9. The van der Waals surface area contributed by atoms with Crippen LogP contribution < -0.4 is 10.9 Å². The molecule has 0 radical (unpaired) electrons. The molecule has 1 aromatic carbocycles. The highest BCUT2D eigenvalue weighted by Crippen LogP contribution is 2.21. The predicted octanol–water partition coefficient (Wildman–Crippen LogP) is 1.68. The fraction of sp³-hybridized carbons (Fsp3) is 0.458. The molecule has 0 unspecified atom stereocenters. The zero-order valence-electron chi connectivity index (χ0n) is 18.7. The minimum Gasteiger partial charge on any atom is -0.351 e. The molecule has 0 atom stereocenters. The molecule has 1 aliphatic rings. The molecule has 7 nitrogen and oxygen atoms in total. The van der Waals surface area contributed by atoms with Crippen LogP contribution in [-0.4, -0.2) is 59.9 Å². The first kappa shape index (κ1) is 22.7. The van der Waals surface area contributed by atoms with Crippen molar-refractivity contribution in [3.63, 3.8) is 0 Å². The van der Waals surface area contributed by atoms with Crippen LogP contribution in [0.3, 0.4) is 0 Å². The van der Waals surface area contributed by atoms with Gasteiger partial charge in [0.05, 0.1) is 0 Å². The SMILES string of the molecule is CCC(=O)N1CCc2c(cn(CCc3ccccc3)c(=O)c2C(=O)NCCN(C)C)C1. The van der Waals surface area contributed by atoms with E-state index in [4.69, 9.17) is 0 Å². The number of carbonyl (C=O) groups is 2. The van der Waals surface area contributed by atoms with Crippen LogP contribution in [0.15, 0.2) is 41.3 Å². The van der Waals surface area contributed by atoms with Gasteiger partial charge in [-0.15, -0.1) is 0 Å². The summed E-state index contributed by atoms with van der Waals surface area (Å²) in [6, 6.07) is 9.97. The lowest BCUT2D eigenvalue weighted by atomic mass is 9.95. The number of hydrogen-bond donors (Lipinski definition) is 1. The number of aryl methyl sites for hydroxylation is 2. The Morgan fingerprint density at radius 3 is 2.58 bits per heavy atom. The van der Waals surface area contributed by atoms with Crippen molar-refractivity contribution in [2.75, 3.05) is 33.7 Å². The number of fused-ring (bicyclic) bond motifs is 1. The average Bonchev–Trinajstić information content (AvgIpc) is 2.77. The van der Waals surface area contributed by atoms with Gasteiger partial charge in [-0.25, -0.2) is 0 Å². The van der Waals surface area contributed by atoms with Gasteiger partial charge in [-0.2, -0.15) is 0 Å². The molecule has 166 valence electrons. The van der Waals surface area contributed by atoms with E-state index >= 15 is 0 Å². The van der Waals surface area contributed by atoms with E-state index in [9.17, 15) is 14.4 Å². The maximum absolute atomic E-state index is 13.3. The number of nitrogens with one attached hydrogen (secondary N) is 1. The lowest BCUT2D eigenvalue weighted by molar-refractivity contribution is -0.131. The van der Waals surface area contributed by atoms with E-state index in [-0.39, 0.29) is 22.9 Å². The number of nitrogens with zero attached hydrogens (tertiary/aromatic N) is 3. The van der Waals surface area contributed by atoms with Crippen molar-refractivity contribution < 1.29 is 9.59 Å². The minimum atomic E-state index is -0.326. The maximum Gasteiger partial charge on any atom is 0.263 e. The number of carbonyl (C=O) groups excluding carboxylic acids is 2. The van der Waals surface area contributed by atoms with E-state index in [0.29, 0.717) is 52.0 Å². The Kier molecular flexibility index (Phi) is 7.63. The second-order valence-electron chi connectivity index (χ2n) is 8.22. The van der Waals surface area contributed by atoms with Gasteiger partial charge in [0.1, 0.15) is 5.56 Å². The minimum absolute atomic E-state index is 0.0877. The largest absolute Gasteiger partial charge is 0.351 e. The van der Waals surface area contributed by atoms with Gasteiger partial charge >= 0.3 is 0 Å². The number of likely N-dealkylation sites (N-methyl/N-ethyl adjacent to an activating group) is 1. The summed E-state index contributed by atoms with van der Waals surface area (Å²) in [7, 11) is 3.87. The van der Waals surface area contributed by atoms with Crippen LogP contribution >= 0.6 is 0 Å². The van der Waals surface area contributed by atoms with E-state index in [0.717, 1.165) is 16.7 Å². The summed E-state index contributed by atoms with van der Waals surface area (Å²) < 4.78 is 1.63. The molecule has 1 aromatic heterocycles. The number of pyridine rings is 1. The zero-order valence-corrected chi connectivity index (χ0v) is 18.7. The topological polar surface area (TPSA) is 74.6 Å². The molecule has 0 saturated carbocycles. The standard InChI is InChI=1S/C24H32N4O3/c1-4-21(29)27-14-11-20-19(16-27)17-28(13-10-18-8-6-5-7-9-18)24(31)22(20)23(30)25-12-15-26(2)3/h5-9,17H,4,10-16H2,1-3H3,(H,25,30). The van der Waals surface area contributed by atoms with E-state index in [1.165, 1.54) is 0 Å². The summed E-state index contributed by atoms with van der Waals surface area (Å²) in [4.78, 5) is 42.3. The summed E-state index contributed by atoms with van der Waals surface area (Å²) in [5.41, 5.74) is 2.77. The molecule has 0 saturated heterocycles. The lowest BCUT2D eigenvalue weighted by Gasteiger charge is -2.30. The number of benzene rings is 1. The first-order valence-corrected chi connectivity index (χ1v) is 10.9. The van der Waals surface area contributed by atoms with Gasteiger partial charge in [-0.05, 0) is 43.6 Å². The van der Waals surface area contributed by atoms with Gasteiger partial charge in [-0.1, -0.05) is 37.3 Å². The Morgan fingerprint density at radius 2 is 1.90 bits per heavy atom. The summed E-state index contributed by atoms with van der Waals surface area (Å²) in [6.45, 7) is 4.47. The fourth-order valence-electron chi connectivity index (χ4n) is 3.92. The van der Waals surface area contributed by atoms with Crippen LogP contribution in [0.1, 0.15) is 40.4 Å². The lowest BCUT2D eigenvalue weighted by Crippen LogP contribution is -2.42. The van der Waals surface area contributed by atoms with Crippen molar-refractivity contribution in [3.8, 4) is 0 Å². The van der Waals surface area contributed by atoms with Gasteiger partial charge in [0, 0.05) is 45.3 Å². The predicted molar refractivity (Wildman–Crippen MR) is 121 cm³/mol. The smallest absolute Gasteiger partial charge is 0.263 e. The normalized spacial score (nSPS) is 13.2. The van der Waals surface area contributed by atoms with Crippen molar-refractivity contribution in [1.82, 2.24) is 19.7 Å². The van der Waals surface area contributed by atoms with Crippen molar-refractivity contribution in [2.45, 2.75) is 39.3 Å². The molecule has 2 amide bonds. The van der Waals surface area contributed by atoms with Crippen molar-refractivity contribution in [3.05, 3.63) is 69.1 Å². The molecule has 31 heavy (non-hydrogen) atoms. The molecule has 1 aliphatic heterocycles. The van der Waals surface area contributed by atoms with Gasteiger partial charge in [-0.3, -0.25) is 14.4 Å². The third-order valence-corrected chi connectivity index (χ3v) is 5.68. The number of aromatic nitrogens is 1. The molecule has 0 fully saturated rings. The highest BCUT2D eigenvalue weighted by Gasteiger charge is 2.27.